The van der Waals surface area contributed by atoms with Gasteiger partial charge in [-0.15, -0.1) is 10.2 Å². The van der Waals surface area contributed by atoms with Crippen molar-refractivity contribution < 1.29 is 18.0 Å². The van der Waals surface area contributed by atoms with Crippen LogP contribution in [-0.2, 0) is 19.6 Å². The second kappa shape index (κ2) is 7.29. The van der Waals surface area contributed by atoms with Crippen LogP contribution in [0.25, 0.3) is 0 Å². The third kappa shape index (κ3) is 5.21. The third-order valence-corrected chi connectivity index (χ3v) is 4.72. The molecule has 0 atom stereocenters. The van der Waals surface area contributed by atoms with E-state index in [9.17, 15) is 18.0 Å². The molecular weight excluding hydrogens is 304 g/mol. The molecule has 0 saturated heterocycles. The largest absolute Gasteiger partial charge is 0.301 e. The van der Waals surface area contributed by atoms with Crippen LogP contribution in [0.1, 0.15) is 32.6 Å². The Labute approximate surface area is 121 Å². The number of nitrogens with one attached hydrogen (secondary N) is 2. The van der Waals surface area contributed by atoms with Gasteiger partial charge in [0.2, 0.25) is 16.9 Å². The number of sulfonamides is 1. The molecule has 0 aliphatic carbocycles. The summed E-state index contributed by atoms with van der Waals surface area (Å²) in [7, 11) is -4.06. The fraction of sp³-hybridized carbons (Fsp3) is 0.500. The van der Waals surface area contributed by atoms with Crippen molar-refractivity contribution in [1.29, 1.82) is 0 Å². The lowest BCUT2D eigenvalue weighted by atomic mass is 10.2. The van der Waals surface area contributed by atoms with E-state index >= 15 is 0 Å². The van der Waals surface area contributed by atoms with Crippen LogP contribution in [0.5, 0.6) is 0 Å². The number of aromatic nitrogens is 2. The quantitative estimate of drug-likeness (QED) is 0.564. The van der Waals surface area contributed by atoms with Gasteiger partial charge in [0.15, 0.2) is 0 Å². The van der Waals surface area contributed by atoms with Gasteiger partial charge < -0.3 is 5.32 Å². The van der Waals surface area contributed by atoms with Gasteiger partial charge in [0.1, 0.15) is 0 Å². The van der Waals surface area contributed by atoms with E-state index in [1.54, 1.807) is 4.72 Å². The summed E-state index contributed by atoms with van der Waals surface area (Å²) in [5.74, 6) is -1.22. The average Bonchev–Trinajstić information content (AvgIpc) is 2.77. The molecule has 2 amide bonds. The van der Waals surface area contributed by atoms with Gasteiger partial charge in [-0.05, 0) is 6.42 Å². The van der Waals surface area contributed by atoms with E-state index in [1.807, 2.05) is 6.92 Å². The number of carbonyl (C=O) groups excluding carboxylic acids is 2. The minimum Gasteiger partial charge on any atom is -0.301 e. The molecule has 1 radical (unpaired) electrons. The van der Waals surface area contributed by atoms with Gasteiger partial charge in [-0.2, -0.15) is 8.42 Å². The Morgan fingerprint density at radius 2 is 2.00 bits per heavy atom. The zero-order valence-corrected chi connectivity index (χ0v) is 12.5. The highest BCUT2D eigenvalue weighted by Crippen LogP contribution is 2.19. The predicted molar refractivity (Wildman–Crippen MR) is 73.4 cm³/mol. The zero-order chi connectivity index (χ0) is 15.2. The first-order chi connectivity index (χ1) is 9.35. The Kier molecular flexibility index (Phi) is 6.02. The molecular formula is C10H15N4O4S2. The fourth-order valence-corrected chi connectivity index (χ4v) is 3.11. The summed E-state index contributed by atoms with van der Waals surface area (Å²) in [6.07, 6.45) is 3.03. The number of unbranched alkanes of at least 4 members (excludes halogenated alkanes) is 2. The van der Waals surface area contributed by atoms with Crippen LogP contribution in [0.2, 0.25) is 0 Å². The molecule has 0 saturated carbocycles. The van der Waals surface area contributed by atoms with Gasteiger partial charge in [-0.3, -0.25) is 9.59 Å². The normalized spacial score (nSPS) is 11.1. The maximum Gasteiger partial charge on any atom is 0.293 e. The van der Waals surface area contributed by atoms with Crippen molar-refractivity contribution in [3.05, 3.63) is 6.92 Å². The first-order valence-corrected chi connectivity index (χ1v) is 8.17. The van der Waals surface area contributed by atoms with Crippen LogP contribution >= 0.6 is 11.3 Å². The van der Waals surface area contributed by atoms with Crippen LogP contribution < -0.4 is 10.0 Å². The number of hydrogen-bond acceptors (Lipinski definition) is 7. The van der Waals surface area contributed by atoms with Crippen molar-refractivity contribution in [1.82, 2.24) is 14.9 Å². The standard InChI is InChI=1S/C10H15N4O4S2/c1-3-4-5-6-8(16)11-9-12-13-10(19-9)20(17,18)14-7(2)15/h2-6H2,1H3,(H,14,15)(H,11,12,16). The number of carbonyl (C=O) groups is 2. The Morgan fingerprint density at radius 1 is 1.30 bits per heavy atom. The molecule has 0 aromatic carbocycles. The van der Waals surface area contributed by atoms with Crippen molar-refractivity contribution in [2.75, 3.05) is 5.32 Å². The molecule has 0 spiro atoms. The van der Waals surface area contributed by atoms with E-state index in [-0.39, 0.29) is 11.0 Å². The summed E-state index contributed by atoms with van der Waals surface area (Å²) >= 11 is 0.665. The number of nitrogens with zero attached hydrogens (tertiary/aromatic N) is 2. The molecule has 0 aliphatic heterocycles. The highest BCUT2D eigenvalue weighted by Gasteiger charge is 2.21. The number of anilines is 1. The van der Waals surface area contributed by atoms with E-state index < -0.39 is 20.3 Å². The molecule has 0 aliphatic rings. The highest BCUT2D eigenvalue weighted by atomic mass is 32.2. The maximum absolute atomic E-state index is 11.6. The van der Waals surface area contributed by atoms with Gasteiger partial charge in [0.05, 0.1) is 0 Å². The van der Waals surface area contributed by atoms with Gasteiger partial charge >= 0.3 is 0 Å². The number of amides is 2. The second-order valence-corrected chi connectivity index (χ2v) is 6.74. The van der Waals surface area contributed by atoms with Crippen LogP contribution in [-0.4, -0.2) is 30.4 Å². The van der Waals surface area contributed by atoms with Crippen LogP contribution in [0.15, 0.2) is 4.34 Å². The Balaban J connectivity index is 2.64. The Bertz CT molecular complexity index is 582. The van der Waals surface area contributed by atoms with E-state index in [0.717, 1.165) is 19.3 Å². The molecule has 8 nitrogen and oxygen atoms in total. The lowest BCUT2D eigenvalue weighted by Crippen LogP contribution is -2.28. The first kappa shape index (κ1) is 16.5. The SMILES string of the molecule is [CH2]C(=O)NS(=O)(=O)c1nnc(NC(=O)CCCCC)s1. The fourth-order valence-electron chi connectivity index (χ4n) is 1.28. The first-order valence-electron chi connectivity index (χ1n) is 5.87. The van der Waals surface area contributed by atoms with E-state index in [2.05, 4.69) is 22.4 Å². The molecule has 0 unspecified atom stereocenters. The molecule has 1 aromatic heterocycles. The van der Waals surface area contributed by atoms with Gasteiger partial charge in [0.25, 0.3) is 14.4 Å². The Hall–Kier alpha value is -1.55. The average molecular weight is 319 g/mol. The monoisotopic (exact) mass is 319 g/mol. The third-order valence-electron chi connectivity index (χ3n) is 2.14. The van der Waals surface area contributed by atoms with Crippen LogP contribution in [0.3, 0.4) is 0 Å². The number of hydrogen-bond donors (Lipinski definition) is 2. The molecule has 111 valence electrons. The molecule has 1 heterocycles. The van der Waals surface area contributed by atoms with E-state index in [4.69, 9.17) is 0 Å². The van der Waals surface area contributed by atoms with Crippen molar-refractivity contribution in [3.63, 3.8) is 0 Å². The molecule has 1 aromatic rings. The minimum absolute atomic E-state index is 0.0726. The highest BCUT2D eigenvalue weighted by molar-refractivity contribution is 7.92. The summed E-state index contributed by atoms with van der Waals surface area (Å²) in [5, 5.41) is 9.49. The molecule has 0 bridgehead atoms. The molecule has 20 heavy (non-hydrogen) atoms. The summed E-state index contributed by atoms with van der Waals surface area (Å²) < 4.78 is 24.4. The van der Waals surface area contributed by atoms with Crippen LogP contribution in [0, 0.1) is 6.92 Å². The van der Waals surface area contributed by atoms with Crippen LogP contribution in [0.4, 0.5) is 5.13 Å². The Morgan fingerprint density at radius 3 is 2.60 bits per heavy atom. The van der Waals surface area contributed by atoms with Gasteiger partial charge in [-0.25, -0.2) is 4.72 Å². The predicted octanol–water partition coefficient (Wildman–Crippen LogP) is 0.696. The van der Waals surface area contributed by atoms with Crippen molar-refractivity contribution >= 4 is 38.3 Å². The lowest BCUT2D eigenvalue weighted by Gasteiger charge is -2.00. The number of rotatable bonds is 7. The maximum atomic E-state index is 11.6. The summed E-state index contributed by atoms with van der Waals surface area (Å²) in [4.78, 5) is 22.2. The van der Waals surface area contributed by atoms with Crippen molar-refractivity contribution in [3.8, 4) is 0 Å². The van der Waals surface area contributed by atoms with E-state index in [0.29, 0.717) is 17.8 Å². The van der Waals surface area contributed by atoms with Gasteiger partial charge in [0, 0.05) is 13.3 Å². The lowest BCUT2D eigenvalue weighted by molar-refractivity contribution is -0.116. The second-order valence-electron chi connectivity index (χ2n) is 3.91. The van der Waals surface area contributed by atoms with Crippen molar-refractivity contribution in [2.24, 2.45) is 0 Å². The molecule has 2 N–H and O–H groups in total. The molecule has 0 fully saturated rings. The topological polar surface area (TPSA) is 118 Å². The summed E-state index contributed by atoms with van der Waals surface area (Å²) in [5.41, 5.74) is 0. The smallest absolute Gasteiger partial charge is 0.293 e. The van der Waals surface area contributed by atoms with Gasteiger partial charge in [-0.1, -0.05) is 31.1 Å². The molecule has 10 heteroatoms. The zero-order valence-electron chi connectivity index (χ0n) is 10.9. The summed E-state index contributed by atoms with van der Waals surface area (Å²) in [6.45, 7) is 4.93. The van der Waals surface area contributed by atoms with E-state index in [1.165, 1.54) is 0 Å². The van der Waals surface area contributed by atoms with Crippen molar-refractivity contribution in [2.45, 2.75) is 36.9 Å². The molecule has 1 rings (SSSR count). The minimum atomic E-state index is -4.06. The summed E-state index contributed by atoms with van der Waals surface area (Å²) in [6, 6.07) is 0.